The van der Waals surface area contributed by atoms with E-state index in [1.165, 1.54) is 0 Å². The first-order valence-corrected chi connectivity index (χ1v) is 6.31. The molecule has 104 valence electrons. The number of nitrogens with one attached hydrogen (secondary N) is 1. The molecule has 5 heteroatoms. The Hall–Kier alpha value is -2.04. The normalized spacial score (nSPS) is 10.9. The molecule has 0 spiro atoms. The van der Waals surface area contributed by atoms with Crippen LogP contribution in [0.2, 0.25) is 0 Å². The zero-order chi connectivity index (χ0) is 13.9. The molecule has 0 saturated heterocycles. The number of hydrogen-bond donors (Lipinski definition) is 1. The van der Waals surface area contributed by atoms with E-state index in [1.54, 1.807) is 0 Å². The minimum absolute atomic E-state index is 0.370. The van der Waals surface area contributed by atoms with Crippen LogP contribution in [0.15, 0.2) is 29.4 Å². The first-order chi connectivity index (χ1) is 9.27. The van der Waals surface area contributed by atoms with Crippen molar-refractivity contribution in [1.29, 1.82) is 0 Å². The van der Waals surface area contributed by atoms with Crippen molar-refractivity contribution in [2.24, 2.45) is 5.16 Å². The molecule has 0 aromatic heterocycles. The highest BCUT2D eigenvalue weighted by atomic mass is 16.6. The lowest BCUT2D eigenvalue weighted by atomic mass is 10.2. The highest BCUT2D eigenvalue weighted by molar-refractivity contribution is 5.80. The summed E-state index contributed by atoms with van der Waals surface area (Å²) in [5.41, 5.74) is 1.88. The number of amides is 1. The van der Waals surface area contributed by atoms with E-state index >= 15 is 0 Å². The van der Waals surface area contributed by atoms with Gasteiger partial charge in [0.1, 0.15) is 19.0 Å². The minimum atomic E-state index is 0.370. The Morgan fingerprint density at radius 3 is 2.95 bits per heavy atom. The third-order valence-electron chi connectivity index (χ3n) is 2.51. The number of carbonyl (C=O) groups is 1. The van der Waals surface area contributed by atoms with Crippen molar-refractivity contribution in [3.05, 3.63) is 29.8 Å². The van der Waals surface area contributed by atoms with Gasteiger partial charge < -0.3 is 14.9 Å². The Kier molecular flexibility index (Phi) is 7.09. The van der Waals surface area contributed by atoms with Crippen LogP contribution in [0.4, 0.5) is 0 Å². The summed E-state index contributed by atoms with van der Waals surface area (Å²) < 4.78 is 5.57. The molecule has 0 fully saturated rings. The van der Waals surface area contributed by atoms with Crippen LogP contribution in [0, 0.1) is 0 Å². The summed E-state index contributed by atoms with van der Waals surface area (Å²) in [6.07, 6.45) is 1.52. The lowest BCUT2D eigenvalue weighted by molar-refractivity contribution is -0.109. The van der Waals surface area contributed by atoms with Crippen LogP contribution < -0.4 is 10.1 Å². The molecule has 0 heterocycles. The molecule has 0 radical (unpaired) electrons. The summed E-state index contributed by atoms with van der Waals surface area (Å²) in [6.45, 7) is 5.22. The largest absolute Gasteiger partial charge is 0.491 e. The van der Waals surface area contributed by atoms with Crippen molar-refractivity contribution < 1.29 is 14.4 Å². The molecule has 5 nitrogen and oxygen atoms in total. The van der Waals surface area contributed by atoms with Gasteiger partial charge in [-0.1, -0.05) is 30.3 Å². The van der Waals surface area contributed by atoms with Gasteiger partial charge in [0.25, 0.3) is 0 Å². The van der Waals surface area contributed by atoms with Crippen LogP contribution in [-0.2, 0) is 16.2 Å². The van der Waals surface area contributed by atoms with Crippen molar-refractivity contribution in [3.8, 4) is 5.75 Å². The molecule has 0 bridgehead atoms. The molecule has 0 unspecified atom stereocenters. The Morgan fingerprint density at radius 2 is 2.21 bits per heavy atom. The molecule has 19 heavy (non-hydrogen) atoms. The number of para-hydroxylation sites is 1. The molecule has 0 aliphatic carbocycles. The molecule has 1 amide bonds. The van der Waals surface area contributed by atoms with Gasteiger partial charge in [-0.25, -0.2) is 0 Å². The number of hydrogen-bond acceptors (Lipinski definition) is 4. The summed E-state index contributed by atoms with van der Waals surface area (Å²) in [4.78, 5) is 15.4. The molecular weight excluding hydrogens is 244 g/mol. The third kappa shape index (κ3) is 5.90. The average Bonchev–Trinajstić information content (AvgIpc) is 2.44. The Labute approximate surface area is 113 Å². The number of rotatable bonds is 9. The van der Waals surface area contributed by atoms with Gasteiger partial charge in [0, 0.05) is 5.56 Å². The molecule has 0 atom stereocenters. The number of benzene rings is 1. The van der Waals surface area contributed by atoms with Gasteiger partial charge in [0.05, 0.1) is 12.3 Å². The Bertz CT molecular complexity index is 419. The summed E-state index contributed by atoms with van der Waals surface area (Å²) in [5.74, 6) is 0.750. The predicted molar refractivity (Wildman–Crippen MR) is 74.2 cm³/mol. The SMILES string of the molecule is CC/C(C)=N/OCc1ccccc1OCCNC=O. The van der Waals surface area contributed by atoms with E-state index in [0.717, 1.165) is 23.4 Å². The summed E-state index contributed by atoms with van der Waals surface area (Å²) in [5, 5.41) is 6.54. The van der Waals surface area contributed by atoms with Crippen molar-refractivity contribution in [2.75, 3.05) is 13.2 Å². The third-order valence-corrected chi connectivity index (χ3v) is 2.51. The van der Waals surface area contributed by atoms with E-state index in [9.17, 15) is 4.79 Å². The van der Waals surface area contributed by atoms with Crippen molar-refractivity contribution in [1.82, 2.24) is 5.32 Å². The maximum absolute atomic E-state index is 10.1. The van der Waals surface area contributed by atoms with Gasteiger partial charge in [-0.2, -0.15) is 0 Å². The topological polar surface area (TPSA) is 59.9 Å². The van der Waals surface area contributed by atoms with Gasteiger partial charge in [-0.15, -0.1) is 0 Å². The van der Waals surface area contributed by atoms with Gasteiger partial charge in [-0.05, 0) is 19.4 Å². The van der Waals surface area contributed by atoms with E-state index in [4.69, 9.17) is 9.57 Å². The second-order valence-corrected chi connectivity index (χ2v) is 3.98. The van der Waals surface area contributed by atoms with E-state index in [0.29, 0.717) is 26.2 Å². The standard InChI is InChI=1S/C14H20N2O3/c1-3-12(2)16-19-10-13-6-4-5-7-14(13)18-9-8-15-11-17/h4-7,11H,3,8-10H2,1-2H3,(H,15,17)/b16-12+. The summed E-state index contributed by atoms with van der Waals surface area (Å²) in [6, 6.07) is 7.62. The first kappa shape index (κ1) is 15.0. The average molecular weight is 264 g/mol. The fourth-order valence-corrected chi connectivity index (χ4v) is 1.32. The lowest BCUT2D eigenvalue weighted by Crippen LogP contribution is -2.19. The number of ether oxygens (including phenoxy) is 1. The zero-order valence-corrected chi connectivity index (χ0v) is 11.4. The lowest BCUT2D eigenvalue weighted by Gasteiger charge is -2.10. The maximum Gasteiger partial charge on any atom is 0.207 e. The van der Waals surface area contributed by atoms with Gasteiger partial charge in [0.2, 0.25) is 6.41 Å². The van der Waals surface area contributed by atoms with Gasteiger partial charge in [-0.3, -0.25) is 4.79 Å². The van der Waals surface area contributed by atoms with Crippen LogP contribution in [0.3, 0.4) is 0 Å². The quantitative estimate of drug-likeness (QED) is 0.321. The van der Waals surface area contributed by atoms with Crippen LogP contribution in [0.5, 0.6) is 5.75 Å². The van der Waals surface area contributed by atoms with Crippen molar-refractivity contribution in [2.45, 2.75) is 26.9 Å². The van der Waals surface area contributed by atoms with Crippen LogP contribution in [-0.4, -0.2) is 25.3 Å². The highest BCUT2D eigenvalue weighted by Gasteiger charge is 2.03. The van der Waals surface area contributed by atoms with Crippen molar-refractivity contribution in [3.63, 3.8) is 0 Å². The molecule has 1 N–H and O–H groups in total. The minimum Gasteiger partial charge on any atom is -0.491 e. The smallest absolute Gasteiger partial charge is 0.207 e. The van der Waals surface area contributed by atoms with E-state index in [-0.39, 0.29) is 0 Å². The second-order valence-electron chi connectivity index (χ2n) is 3.98. The maximum atomic E-state index is 10.1. The highest BCUT2D eigenvalue weighted by Crippen LogP contribution is 2.18. The fourth-order valence-electron chi connectivity index (χ4n) is 1.32. The van der Waals surface area contributed by atoms with Crippen molar-refractivity contribution >= 4 is 12.1 Å². The van der Waals surface area contributed by atoms with E-state index in [1.807, 2.05) is 38.1 Å². The molecule has 0 saturated carbocycles. The van der Waals surface area contributed by atoms with Crippen LogP contribution >= 0.6 is 0 Å². The molecule has 1 rings (SSSR count). The Morgan fingerprint density at radius 1 is 1.42 bits per heavy atom. The zero-order valence-electron chi connectivity index (χ0n) is 11.4. The summed E-state index contributed by atoms with van der Waals surface area (Å²) >= 11 is 0. The fraction of sp³-hybridized carbons (Fsp3) is 0.429. The molecule has 1 aromatic carbocycles. The molecule has 1 aromatic rings. The molecular formula is C14H20N2O3. The van der Waals surface area contributed by atoms with E-state index in [2.05, 4.69) is 10.5 Å². The number of carbonyl (C=O) groups excluding carboxylic acids is 1. The predicted octanol–water partition coefficient (Wildman–Crippen LogP) is 2.11. The number of oxime groups is 1. The monoisotopic (exact) mass is 264 g/mol. The Balaban J connectivity index is 2.50. The summed E-state index contributed by atoms with van der Waals surface area (Å²) in [7, 11) is 0. The van der Waals surface area contributed by atoms with Gasteiger partial charge in [0.15, 0.2) is 0 Å². The molecule has 0 aliphatic heterocycles. The second kappa shape index (κ2) is 8.97. The van der Waals surface area contributed by atoms with Crippen LogP contribution in [0.1, 0.15) is 25.8 Å². The number of nitrogens with zero attached hydrogens (tertiary/aromatic N) is 1. The molecule has 0 aliphatic rings. The van der Waals surface area contributed by atoms with Gasteiger partial charge >= 0.3 is 0 Å². The van der Waals surface area contributed by atoms with E-state index < -0.39 is 0 Å². The van der Waals surface area contributed by atoms with Crippen LogP contribution in [0.25, 0.3) is 0 Å². The first-order valence-electron chi connectivity index (χ1n) is 6.31.